The number of benzene rings is 1. The summed E-state index contributed by atoms with van der Waals surface area (Å²) in [4.78, 5) is 26.9. The average molecular weight is 372 g/mol. The third-order valence-corrected chi connectivity index (χ3v) is 5.75. The van der Waals surface area contributed by atoms with Crippen LogP contribution in [-0.2, 0) is 0 Å². The fraction of sp³-hybridized carbons (Fsp3) is 0.667. The molecule has 0 saturated carbocycles. The van der Waals surface area contributed by atoms with Crippen molar-refractivity contribution in [3.05, 3.63) is 35.4 Å². The van der Waals surface area contributed by atoms with Crippen LogP contribution in [0.25, 0.3) is 0 Å². The van der Waals surface area contributed by atoms with Gasteiger partial charge in [-0.05, 0) is 30.9 Å². The minimum Gasteiger partial charge on any atom is -0.274 e. The minimum absolute atomic E-state index is 0.0999. The molecular weight excluding hydrogens is 334 g/mol. The zero-order valence-corrected chi connectivity index (χ0v) is 17.3. The normalized spacial score (nSPS) is 14.7. The Labute approximate surface area is 165 Å². The third kappa shape index (κ3) is 6.48. The maximum atomic E-state index is 12.7. The van der Waals surface area contributed by atoms with Crippen LogP contribution in [0.1, 0.15) is 112 Å². The van der Waals surface area contributed by atoms with Crippen LogP contribution in [-0.4, -0.2) is 23.3 Å². The van der Waals surface area contributed by atoms with Crippen molar-refractivity contribution >= 4 is 11.8 Å². The summed E-state index contributed by atoms with van der Waals surface area (Å²) in [5, 5.41) is 0. The SMILES string of the molecule is CCCCCCCCC(CCCCCC)CN1C(=O)c2ccccc2C1=O. The zero-order chi connectivity index (χ0) is 19.5. The van der Waals surface area contributed by atoms with Gasteiger partial charge in [0.2, 0.25) is 0 Å². The second-order valence-corrected chi connectivity index (χ2v) is 8.04. The first-order valence-electron chi connectivity index (χ1n) is 11.1. The van der Waals surface area contributed by atoms with Crippen molar-refractivity contribution in [2.75, 3.05) is 6.54 Å². The molecule has 2 rings (SSSR count). The highest BCUT2D eigenvalue weighted by Gasteiger charge is 2.36. The molecule has 1 atom stereocenters. The lowest BCUT2D eigenvalue weighted by atomic mass is 9.93. The summed E-state index contributed by atoms with van der Waals surface area (Å²) >= 11 is 0. The second-order valence-electron chi connectivity index (χ2n) is 8.04. The summed E-state index contributed by atoms with van der Waals surface area (Å²) in [5.41, 5.74) is 1.15. The van der Waals surface area contributed by atoms with Crippen LogP contribution in [0.2, 0.25) is 0 Å². The number of carbonyl (C=O) groups is 2. The van der Waals surface area contributed by atoms with E-state index in [4.69, 9.17) is 0 Å². The minimum atomic E-state index is -0.0999. The topological polar surface area (TPSA) is 37.4 Å². The van der Waals surface area contributed by atoms with Gasteiger partial charge in [-0.1, -0.05) is 90.2 Å². The monoisotopic (exact) mass is 371 g/mol. The van der Waals surface area contributed by atoms with Gasteiger partial charge in [-0.2, -0.15) is 0 Å². The molecule has 0 spiro atoms. The Morgan fingerprint density at radius 3 is 1.67 bits per heavy atom. The number of imide groups is 1. The third-order valence-electron chi connectivity index (χ3n) is 5.75. The summed E-state index contributed by atoms with van der Waals surface area (Å²) in [6.07, 6.45) is 15.0. The number of nitrogens with zero attached hydrogens (tertiary/aromatic N) is 1. The molecule has 27 heavy (non-hydrogen) atoms. The molecule has 1 aliphatic heterocycles. The summed E-state index contributed by atoms with van der Waals surface area (Å²) in [5.74, 6) is 0.240. The van der Waals surface area contributed by atoms with Gasteiger partial charge in [0.1, 0.15) is 0 Å². The van der Waals surface area contributed by atoms with Crippen molar-refractivity contribution in [1.82, 2.24) is 4.90 Å². The van der Waals surface area contributed by atoms with Gasteiger partial charge in [0.05, 0.1) is 11.1 Å². The van der Waals surface area contributed by atoms with Gasteiger partial charge in [0.25, 0.3) is 11.8 Å². The Hall–Kier alpha value is -1.64. The highest BCUT2D eigenvalue weighted by atomic mass is 16.2. The number of hydrogen-bond acceptors (Lipinski definition) is 2. The molecule has 0 aromatic heterocycles. The van der Waals surface area contributed by atoms with E-state index in [1.165, 1.54) is 69.1 Å². The molecule has 2 amide bonds. The van der Waals surface area contributed by atoms with Crippen LogP contribution in [0, 0.1) is 5.92 Å². The summed E-state index contributed by atoms with van der Waals surface area (Å²) in [6, 6.07) is 7.23. The first-order valence-corrected chi connectivity index (χ1v) is 11.1. The van der Waals surface area contributed by atoms with E-state index in [9.17, 15) is 9.59 Å². The van der Waals surface area contributed by atoms with Crippen molar-refractivity contribution in [3.63, 3.8) is 0 Å². The molecule has 3 heteroatoms. The van der Waals surface area contributed by atoms with Crippen molar-refractivity contribution in [2.45, 2.75) is 90.9 Å². The number of rotatable bonds is 14. The Bertz CT molecular complexity index is 561. The summed E-state index contributed by atoms with van der Waals surface area (Å²) in [7, 11) is 0. The summed E-state index contributed by atoms with van der Waals surface area (Å²) < 4.78 is 0. The lowest BCUT2D eigenvalue weighted by Crippen LogP contribution is -2.34. The Morgan fingerprint density at radius 2 is 1.15 bits per heavy atom. The van der Waals surface area contributed by atoms with E-state index in [0.29, 0.717) is 23.6 Å². The van der Waals surface area contributed by atoms with E-state index in [2.05, 4.69) is 13.8 Å². The number of fused-ring (bicyclic) bond motifs is 1. The molecular formula is C24H37NO2. The molecule has 0 N–H and O–H groups in total. The van der Waals surface area contributed by atoms with Crippen molar-refractivity contribution in [3.8, 4) is 0 Å². The number of amides is 2. The van der Waals surface area contributed by atoms with E-state index in [1.54, 1.807) is 12.1 Å². The molecule has 3 nitrogen and oxygen atoms in total. The van der Waals surface area contributed by atoms with Gasteiger partial charge in [0.15, 0.2) is 0 Å². The standard InChI is InChI=1S/C24H37NO2/c1-3-5-7-9-10-12-16-20(15-11-8-6-4-2)19-25-23(26)21-17-13-14-18-22(21)24(25)27/h13-14,17-18,20H,3-12,15-16,19H2,1-2H3. The van der Waals surface area contributed by atoms with Crippen LogP contribution in [0.15, 0.2) is 24.3 Å². The van der Waals surface area contributed by atoms with Gasteiger partial charge < -0.3 is 0 Å². The molecule has 1 aliphatic rings. The number of unbranched alkanes of at least 4 members (excludes halogenated alkanes) is 8. The van der Waals surface area contributed by atoms with E-state index in [0.717, 1.165) is 12.8 Å². The fourth-order valence-electron chi connectivity index (χ4n) is 4.06. The molecule has 0 radical (unpaired) electrons. The zero-order valence-electron chi connectivity index (χ0n) is 17.3. The van der Waals surface area contributed by atoms with Crippen LogP contribution in [0.3, 0.4) is 0 Å². The Morgan fingerprint density at radius 1 is 0.704 bits per heavy atom. The molecule has 0 aliphatic carbocycles. The predicted octanol–water partition coefficient (Wildman–Crippen LogP) is 6.62. The molecule has 1 aromatic rings. The predicted molar refractivity (Wildman–Crippen MR) is 112 cm³/mol. The maximum absolute atomic E-state index is 12.7. The van der Waals surface area contributed by atoms with Gasteiger partial charge in [-0.3, -0.25) is 14.5 Å². The Balaban J connectivity index is 1.88. The highest BCUT2D eigenvalue weighted by Crippen LogP contribution is 2.26. The molecule has 1 heterocycles. The van der Waals surface area contributed by atoms with Crippen LogP contribution >= 0.6 is 0 Å². The van der Waals surface area contributed by atoms with Crippen LogP contribution in [0.5, 0.6) is 0 Å². The quantitative estimate of drug-likeness (QED) is 0.272. The molecule has 1 aromatic carbocycles. The van der Waals surface area contributed by atoms with Gasteiger partial charge in [-0.25, -0.2) is 0 Å². The highest BCUT2D eigenvalue weighted by molar-refractivity contribution is 6.21. The first-order chi connectivity index (χ1) is 13.2. The fourth-order valence-corrected chi connectivity index (χ4v) is 4.06. The van der Waals surface area contributed by atoms with Crippen molar-refractivity contribution < 1.29 is 9.59 Å². The lowest BCUT2D eigenvalue weighted by Gasteiger charge is -2.23. The van der Waals surface area contributed by atoms with Gasteiger partial charge >= 0.3 is 0 Å². The molecule has 150 valence electrons. The molecule has 1 unspecified atom stereocenters. The van der Waals surface area contributed by atoms with E-state index in [-0.39, 0.29) is 11.8 Å². The summed E-state index contributed by atoms with van der Waals surface area (Å²) in [6.45, 7) is 5.06. The average Bonchev–Trinajstić information content (AvgIpc) is 2.92. The van der Waals surface area contributed by atoms with E-state index >= 15 is 0 Å². The maximum Gasteiger partial charge on any atom is 0.261 e. The molecule has 0 saturated heterocycles. The largest absolute Gasteiger partial charge is 0.274 e. The second kappa shape index (κ2) is 11.9. The number of carbonyl (C=O) groups excluding carboxylic acids is 2. The number of hydrogen-bond donors (Lipinski definition) is 0. The van der Waals surface area contributed by atoms with Crippen molar-refractivity contribution in [2.24, 2.45) is 5.92 Å². The van der Waals surface area contributed by atoms with Gasteiger partial charge in [-0.15, -0.1) is 0 Å². The molecule has 0 fully saturated rings. The Kier molecular flexibility index (Phi) is 9.58. The van der Waals surface area contributed by atoms with Crippen molar-refractivity contribution in [1.29, 1.82) is 0 Å². The lowest BCUT2D eigenvalue weighted by molar-refractivity contribution is 0.0621. The van der Waals surface area contributed by atoms with E-state index in [1.807, 2.05) is 12.1 Å². The molecule has 0 bridgehead atoms. The smallest absolute Gasteiger partial charge is 0.261 e. The van der Waals surface area contributed by atoms with Crippen LogP contribution in [0.4, 0.5) is 0 Å². The van der Waals surface area contributed by atoms with E-state index < -0.39 is 0 Å². The van der Waals surface area contributed by atoms with Crippen LogP contribution < -0.4 is 0 Å². The van der Waals surface area contributed by atoms with Gasteiger partial charge in [0, 0.05) is 6.54 Å². The first kappa shape index (κ1) is 21.7.